The molecule has 0 radical (unpaired) electrons. The van der Waals surface area contributed by atoms with E-state index in [1.165, 1.54) is 7.11 Å². The van der Waals surface area contributed by atoms with E-state index < -0.39 is 12.1 Å². The Hall–Kier alpha value is -1.58. The Morgan fingerprint density at radius 3 is 3.11 bits per heavy atom. The number of carbonyl (C=O) groups excluding carboxylic acids is 1. The molecule has 1 aromatic carbocycles. The molecule has 0 amide bonds. The molecule has 6 heteroatoms. The summed E-state index contributed by atoms with van der Waals surface area (Å²) >= 11 is 3.39. The Bertz CT molecular complexity index is 527. The van der Waals surface area contributed by atoms with E-state index in [0.29, 0.717) is 25.3 Å². The Labute approximate surface area is 119 Å². The van der Waals surface area contributed by atoms with Gasteiger partial charge in [-0.25, -0.2) is 4.79 Å². The fourth-order valence-corrected chi connectivity index (χ4v) is 2.35. The lowest BCUT2D eigenvalue weighted by atomic mass is 10.1. The molecule has 0 bridgehead atoms. The summed E-state index contributed by atoms with van der Waals surface area (Å²) in [6.45, 7) is 1.45. The Kier molecular flexibility index (Phi) is 4.40. The number of nitrogens with zero attached hydrogens (tertiary/aromatic N) is 2. The number of hydrogen-bond donors (Lipinski definition) is 0. The molecule has 5 nitrogen and oxygen atoms in total. The molecule has 1 saturated heterocycles. The van der Waals surface area contributed by atoms with Crippen LogP contribution in [-0.2, 0) is 14.3 Å². The highest BCUT2D eigenvalue weighted by molar-refractivity contribution is 9.10. The average Bonchev–Trinajstić information content (AvgIpc) is 2.46. The maximum atomic E-state index is 11.5. The first-order valence-electron chi connectivity index (χ1n) is 5.79. The van der Waals surface area contributed by atoms with Crippen molar-refractivity contribution in [2.75, 3.05) is 31.7 Å². The van der Waals surface area contributed by atoms with Crippen molar-refractivity contribution in [3.63, 3.8) is 0 Å². The van der Waals surface area contributed by atoms with Crippen LogP contribution >= 0.6 is 15.9 Å². The van der Waals surface area contributed by atoms with Crippen LogP contribution in [0.2, 0.25) is 0 Å². The summed E-state index contributed by atoms with van der Waals surface area (Å²) in [6, 6.07) is 7.60. The highest BCUT2D eigenvalue weighted by Gasteiger charge is 2.28. The average molecular weight is 325 g/mol. The van der Waals surface area contributed by atoms with Crippen molar-refractivity contribution in [3.8, 4) is 6.07 Å². The van der Waals surface area contributed by atoms with E-state index in [0.717, 1.165) is 10.2 Å². The van der Waals surface area contributed by atoms with Crippen LogP contribution in [0.15, 0.2) is 22.7 Å². The number of ether oxygens (including phenoxy) is 2. The number of morpholine rings is 1. The molecule has 1 aliphatic heterocycles. The normalized spacial score (nSPS) is 18.8. The minimum Gasteiger partial charge on any atom is -0.467 e. The summed E-state index contributed by atoms with van der Waals surface area (Å²) < 4.78 is 11.0. The molecule has 0 spiro atoms. The summed E-state index contributed by atoms with van der Waals surface area (Å²) in [6.07, 6.45) is -0.607. The number of halogens is 1. The van der Waals surface area contributed by atoms with Crippen molar-refractivity contribution in [2.45, 2.75) is 6.10 Å². The van der Waals surface area contributed by atoms with Gasteiger partial charge in [0.15, 0.2) is 6.10 Å². The third-order valence-electron chi connectivity index (χ3n) is 2.95. The number of rotatable bonds is 2. The van der Waals surface area contributed by atoms with E-state index in [1.807, 2.05) is 17.0 Å². The van der Waals surface area contributed by atoms with Gasteiger partial charge in [-0.1, -0.05) is 15.9 Å². The van der Waals surface area contributed by atoms with Gasteiger partial charge in [0.05, 0.1) is 31.5 Å². The van der Waals surface area contributed by atoms with E-state index in [2.05, 4.69) is 26.7 Å². The lowest BCUT2D eigenvalue weighted by Crippen LogP contribution is -2.46. The highest BCUT2D eigenvalue weighted by Crippen LogP contribution is 2.26. The third kappa shape index (κ3) is 3.06. The smallest absolute Gasteiger partial charge is 0.336 e. The first kappa shape index (κ1) is 13.8. The van der Waals surface area contributed by atoms with Gasteiger partial charge < -0.3 is 14.4 Å². The SMILES string of the molecule is COC(=O)C1CN(c2cc(Br)ccc2C#N)CCO1. The number of methoxy groups -OCH3 is 1. The van der Waals surface area contributed by atoms with Crippen LogP contribution in [0.5, 0.6) is 0 Å². The molecule has 1 aromatic rings. The lowest BCUT2D eigenvalue weighted by Gasteiger charge is -2.33. The van der Waals surface area contributed by atoms with E-state index in [9.17, 15) is 4.79 Å². The summed E-state index contributed by atoms with van der Waals surface area (Å²) in [5, 5.41) is 9.15. The molecule has 0 N–H and O–H groups in total. The number of nitriles is 1. The van der Waals surface area contributed by atoms with Gasteiger partial charge in [-0.15, -0.1) is 0 Å². The molecule has 0 aliphatic carbocycles. The van der Waals surface area contributed by atoms with Crippen LogP contribution in [0, 0.1) is 11.3 Å². The third-order valence-corrected chi connectivity index (χ3v) is 3.44. The van der Waals surface area contributed by atoms with Crippen LogP contribution in [-0.4, -0.2) is 38.9 Å². The zero-order valence-corrected chi connectivity index (χ0v) is 12.0. The molecule has 1 aliphatic rings. The first-order valence-corrected chi connectivity index (χ1v) is 6.59. The van der Waals surface area contributed by atoms with Gasteiger partial charge in [0.25, 0.3) is 0 Å². The fourth-order valence-electron chi connectivity index (χ4n) is 2.00. The van der Waals surface area contributed by atoms with E-state index >= 15 is 0 Å². The number of benzene rings is 1. The predicted octanol–water partition coefficient (Wildman–Crippen LogP) is 1.70. The lowest BCUT2D eigenvalue weighted by molar-refractivity contribution is -0.154. The van der Waals surface area contributed by atoms with Crippen LogP contribution < -0.4 is 4.90 Å². The summed E-state index contributed by atoms with van der Waals surface area (Å²) in [5.74, 6) is -0.391. The van der Waals surface area contributed by atoms with Crippen molar-refractivity contribution >= 4 is 27.6 Å². The second kappa shape index (κ2) is 6.04. The van der Waals surface area contributed by atoms with Crippen LogP contribution in [0.3, 0.4) is 0 Å². The standard InChI is InChI=1S/C13H13BrN2O3/c1-18-13(17)12-8-16(4-5-19-12)11-6-10(14)3-2-9(11)7-15/h2-3,6,12H,4-5,8H2,1H3. The topological polar surface area (TPSA) is 62.6 Å². The molecular formula is C13H13BrN2O3. The number of anilines is 1. The molecule has 19 heavy (non-hydrogen) atoms. The van der Waals surface area contributed by atoms with Crippen molar-refractivity contribution in [3.05, 3.63) is 28.2 Å². The summed E-state index contributed by atoms with van der Waals surface area (Å²) in [7, 11) is 1.34. The van der Waals surface area contributed by atoms with Gasteiger partial charge in [-0.05, 0) is 18.2 Å². The van der Waals surface area contributed by atoms with Crippen molar-refractivity contribution in [1.29, 1.82) is 5.26 Å². The molecule has 1 fully saturated rings. The second-order valence-corrected chi connectivity index (χ2v) is 5.02. The highest BCUT2D eigenvalue weighted by atomic mass is 79.9. The maximum Gasteiger partial charge on any atom is 0.336 e. The molecular weight excluding hydrogens is 312 g/mol. The second-order valence-electron chi connectivity index (χ2n) is 4.10. The monoisotopic (exact) mass is 324 g/mol. The van der Waals surface area contributed by atoms with Crippen LogP contribution in [0.1, 0.15) is 5.56 Å². The van der Waals surface area contributed by atoms with Gasteiger partial charge >= 0.3 is 5.97 Å². The summed E-state index contributed by atoms with van der Waals surface area (Å²) in [5.41, 5.74) is 1.38. The largest absolute Gasteiger partial charge is 0.467 e. The fraction of sp³-hybridized carbons (Fsp3) is 0.385. The quantitative estimate of drug-likeness (QED) is 0.775. The molecule has 0 aromatic heterocycles. The molecule has 1 atom stereocenters. The van der Waals surface area contributed by atoms with Crippen molar-refractivity contribution in [2.24, 2.45) is 0 Å². The van der Waals surface area contributed by atoms with Gasteiger partial charge in [0.2, 0.25) is 0 Å². The van der Waals surface area contributed by atoms with E-state index in [1.54, 1.807) is 6.07 Å². The Balaban J connectivity index is 2.24. The van der Waals surface area contributed by atoms with Crippen molar-refractivity contribution in [1.82, 2.24) is 0 Å². The number of carbonyl (C=O) groups is 1. The summed E-state index contributed by atoms with van der Waals surface area (Å²) in [4.78, 5) is 13.5. The first-order chi connectivity index (χ1) is 9.15. The Morgan fingerprint density at radius 1 is 1.63 bits per heavy atom. The maximum absolute atomic E-state index is 11.5. The molecule has 2 rings (SSSR count). The zero-order chi connectivity index (χ0) is 13.8. The molecule has 0 saturated carbocycles. The Morgan fingerprint density at radius 2 is 2.42 bits per heavy atom. The zero-order valence-electron chi connectivity index (χ0n) is 10.4. The van der Waals surface area contributed by atoms with Crippen molar-refractivity contribution < 1.29 is 14.3 Å². The van der Waals surface area contributed by atoms with E-state index in [4.69, 9.17) is 10.00 Å². The van der Waals surface area contributed by atoms with Gasteiger partial charge in [0, 0.05) is 11.0 Å². The van der Waals surface area contributed by atoms with E-state index in [-0.39, 0.29) is 0 Å². The molecule has 100 valence electrons. The molecule has 1 heterocycles. The number of hydrogen-bond acceptors (Lipinski definition) is 5. The van der Waals surface area contributed by atoms with Crippen LogP contribution in [0.4, 0.5) is 5.69 Å². The van der Waals surface area contributed by atoms with Crippen LogP contribution in [0.25, 0.3) is 0 Å². The van der Waals surface area contributed by atoms with Gasteiger partial charge in [-0.3, -0.25) is 0 Å². The minimum absolute atomic E-state index is 0.387. The number of esters is 1. The predicted molar refractivity (Wildman–Crippen MR) is 72.8 cm³/mol. The van der Waals surface area contributed by atoms with Gasteiger partial charge in [-0.2, -0.15) is 5.26 Å². The van der Waals surface area contributed by atoms with Gasteiger partial charge in [0.1, 0.15) is 6.07 Å². The molecule has 1 unspecified atom stereocenters. The minimum atomic E-state index is -0.607.